The molecule has 3 N–H and O–H groups in total. The van der Waals surface area contributed by atoms with Gasteiger partial charge in [-0.3, -0.25) is 11.3 Å². The molecule has 0 heterocycles. The third kappa shape index (κ3) is 4.63. The molecular formula is C12H18N2O. The van der Waals surface area contributed by atoms with Gasteiger partial charge in [0.05, 0.1) is 6.04 Å². The van der Waals surface area contributed by atoms with Crippen molar-refractivity contribution in [1.82, 2.24) is 5.43 Å². The molecule has 0 saturated carbocycles. The molecule has 0 bridgehead atoms. The molecule has 0 amide bonds. The Kier molecular flexibility index (Phi) is 4.87. The second-order valence-corrected chi connectivity index (χ2v) is 3.65. The highest BCUT2D eigenvalue weighted by atomic mass is 16.5. The van der Waals surface area contributed by atoms with E-state index in [2.05, 4.69) is 12.0 Å². The third-order valence-electron chi connectivity index (χ3n) is 2.02. The van der Waals surface area contributed by atoms with E-state index in [1.54, 1.807) is 0 Å². The van der Waals surface area contributed by atoms with Crippen molar-refractivity contribution in [1.29, 1.82) is 0 Å². The SMILES string of the molecule is C=C(C)CC(COc1ccccc1)NN. The first kappa shape index (κ1) is 11.8. The molecule has 1 unspecified atom stereocenters. The van der Waals surface area contributed by atoms with Gasteiger partial charge in [0.1, 0.15) is 12.4 Å². The van der Waals surface area contributed by atoms with E-state index in [9.17, 15) is 0 Å². The molecule has 3 heteroatoms. The van der Waals surface area contributed by atoms with Gasteiger partial charge in [-0.25, -0.2) is 0 Å². The summed E-state index contributed by atoms with van der Waals surface area (Å²) in [5, 5.41) is 0. The highest BCUT2D eigenvalue weighted by molar-refractivity contribution is 5.20. The first-order valence-corrected chi connectivity index (χ1v) is 5.00. The van der Waals surface area contributed by atoms with Crippen LogP contribution in [0, 0.1) is 0 Å². The Morgan fingerprint density at radius 3 is 2.67 bits per heavy atom. The normalized spacial score (nSPS) is 12.1. The summed E-state index contributed by atoms with van der Waals surface area (Å²) in [5.41, 5.74) is 3.81. The van der Waals surface area contributed by atoms with E-state index >= 15 is 0 Å². The van der Waals surface area contributed by atoms with Crippen molar-refractivity contribution < 1.29 is 4.74 Å². The second-order valence-electron chi connectivity index (χ2n) is 3.65. The van der Waals surface area contributed by atoms with Gasteiger partial charge >= 0.3 is 0 Å². The maximum absolute atomic E-state index is 5.58. The zero-order chi connectivity index (χ0) is 11.1. The maximum atomic E-state index is 5.58. The highest BCUT2D eigenvalue weighted by Gasteiger charge is 2.07. The third-order valence-corrected chi connectivity index (χ3v) is 2.02. The number of ether oxygens (including phenoxy) is 1. The molecule has 0 aliphatic heterocycles. The summed E-state index contributed by atoms with van der Waals surface area (Å²) >= 11 is 0. The molecule has 1 rings (SSSR count). The minimum absolute atomic E-state index is 0.114. The van der Waals surface area contributed by atoms with Gasteiger partial charge < -0.3 is 4.74 Å². The van der Waals surface area contributed by atoms with Crippen LogP contribution >= 0.6 is 0 Å². The Labute approximate surface area is 90.9 Å². The van der Waals surface area contributed by atoms with E-state index in [0.717, 1.165) is 17.7 Å². The first-order chi connectivity index (χ1) is 7.22. The summed E-state index contributed by atoms with van der Waals surface area (Å²) in [6, 6.07) is 9.81. The van der Waals surface area contributed by atoms with Crippen molar-refractivity contribution in [3.05, 3.63) is 42.5 Å². The molecule has 3 nitrogen and oxygen atoms in total. The number of hydrazine groups is 1. The molecule has 0 spiro atoms. The predicted octanol–water partition coefficient (Wildman–Crippen LogP) is 1.86. The quantitative estimate of drug-likeness (QED) is 0.424. The molecule has 0 aliphatic carbocycles. The molecule has 1 aromatic carbocycles. The van der Waals surface area contributed by atoms with Gasteiger partial charge in [-0.2, -0.15) is 0 Å². The molecule has 82 valence electrons. The lowest BCUT2D eigenvalue weighted by Crippen LogP contribution is -2.39. The summed E-state index contributed by atoms with van der Waals surface area (Å²) in [7, 11) is 0. The van der Waals surface area contributed by atoms with Crippen LogP contribution in [0.2, 0.25) is 0 Å². The zero-order valence-electron chi connectivity index (χ0n) is 9.07. The van der Waals surface area contributed by atoms with Crippen LogP contribution in [0.15, 0.2) is 42.5 Å². The number of hydrogen-bond donors (Lipinski definition) is 2. The molecular weight excluding hydrogens is 188 g/mol. The summed E-state index contributed by atoms with van der Waals surface area (Å²) < 4.78 is 5.58. The Morgan fingerprint density at radius 2 is 2.13 bits per heavy atom. The maximum Gasteiger partial charge on any atom is 0.119 e. The molecule has 0 saturated heterocycles. The Hall–Kier alpha value is -1.32. The van der Waals surface area contributed by atoms with Crippen molar-refractivity contribution >= 4 is 0 Å². The average molecular weight is 206 g/mol. The van der Waals surface area contributed by atoms with Crippen molar-refractivity contribution in [3.63, 3.8) is 0 Å². The van der Waals surface area contributed by atoms with Crippen LogP contribution in [0.3, 0.4) is 0 Å². The Bertz CT molecular complexity index is 298. The van der Waals surface area contributed by atoms with Gasteiger partial charge in [-0.05, 0) is 25.5 Å². The topological polar surface area (TPSA) is 47.3 Å². The molecule has 1 aromatic rings. The fourth-order valence-electron chi connectivity index (χ4n) is 1.30. The van der Waals surface area contributed by atoms with Crippen molar-refractivity contribution in [2.45, 2.75) is 19.4 Å². The largest absolute Gasteiger partial charge is 0.492 e. The van der Waals surface area contributed by atoms with E-state index < -0.39 is 0 Å². The number of nitrogens with one attached hydrogen (secondary N) is 1. The number of nitrogens with two attached hydrogens (primary N) is 1. The van der Waals surface area contributed by atoms with E-state index in [1.165, 1.54) is 0 Å². The predicted molar refractivity (Wildman–Crippen MR) is 62.5 cm³/mol. The van der Waals surface area contributed by atoms with Crippen LogP contribution in [0.5, 0.6) is 5.75 Å². The molecule has 0 fully saturated rings. The van der Waals surface area contributed by atoms with Gasteiger partial charge in [0.15, 0.2) is 0 Å². The van der Waals surface area contributed by atoms with Crippen LogP contribution in [0.1, 0.15) is 13.3 Å². The number of benzene rings is 1. The second kappa shape index (κ2) is 6.22. The molecule has 0 aromatic heterocycles. The lowest BCUT2D eigenvalue weighted by atomic mass is 10.1. The monoisotopic (exact) mass is 206 g/mol. The summed E-state index contributed by atoms with van der Waals surface area (Å²) in [5.74, 6) is 6.27. The Morgan fingerprint density at radius 1 is 1.47 bits per heavy atom. The van der Waals surface area contributed by atoms with Crippen molar-refractivity contribution in [2.24, 2.45) is 5.84 Å². The minimum Gasteiger partial charge on any atom is -0.492 e. The smallest absolute Gasteiger partial charge is 0.119 e. The standard InChI is InChI=1S/C12H18N2O/c1-10(2)8-11(14-13)9-15-12-6-4-3-5-7-12/h3-7,11,14H,1,8-9,13H2,2H3. The number of hydrogen-bond acceptors (Lipinski definition) is 3. The molecule has 15 heavy (non-hydrogen) atoms. The van der Waals surface area contributed by atoms with Gasteiger partial charge in [-0.15, -0.1) is 6.58 Å². The van der Waals surface area contributed by atoms with Crippen LogP contribution in [-0.2, 0) is 0 Å². The molecule has 0 aliphatic rings. The lowest BCUT2D eigenvalue weighted by molar-refractivity contribution is 0.264. The van der Waals surface area contributed by atoms with E-state index in [1.807, 2.05) is 37.3 Å². The van der Waals surface area contributed by atoms with Crippen LogP contribution in [0.25, 0.3) is 0 Å². The minimum atomic E-state index is 0.114. The molecule has 0 radical (unpaired) electrons. The average Bonchev–Trinajstić information content (AvgIpc) is 2.25. The summed E-state index contributed by atoms with van der Waals surface area (Å²) in [6.07, 6.45) is 0.823. The summed E-state index contributed by atoms with van der Waals surface area (Å²) in [4.78, 5) is 0. The van der Waals surface area contributed by atoms with Gasteiger partial charge in [0.2, 0.25) is 0 Å². The Balaban J connectivity index is 2.37. The first-order valence-electron chi connectivity index (χ1n) is 5.00. The van der Waals surface area contributed by atoms with E-state index in [0.29, 0.717) is 6.61 Å². The van der Waals surface area contributed by atoms with Gasteiger partial charge in [0, 0.05) is 0 Å². The van der Waals surface area contributed by atoms with Gasteiger partial charge in [-0.1, -0.05) is 23.8 Å². The fourth-order valence-corrected chi connectivity index (χ4v) is 1.30. The fraction of sp³-hybridized carbons (Fsp3) is 0.333. The van der Waals surface area contributed by atoms with E-state index in [4.69, 9.17) is 10.6 Å². The van der Waals surface area contributed by atoms with E-state index in [-0.39, 0.29) is 6.04 Å². The van der Waals surface area contributed by atoms with Crippen LogP contribution in [0.4, 0.5) is 0 Å². The summed E-state index contributed by atoms with van der Waals surface area (Å²) in [6.45, 7) is 6.37. The zero-order valence-corrected chi connectivity index (χ0v) is 9.07. The van der Waals surface area contributed by atoms with Crippen LogP contribution < -0.4 is 16.0 Å². The lowest BCUT2D eigenvalue weighted by Gasteiger charge is -2.16. The van der Waals surface area contributed by atoms with Crippen LogP contribution in [-0.4, -0.2) is 12.6 Å². The number of para-hydroxylation sites is 1. The highest BCUT2D eigenvalue weighted by Crippen LogP contribution is 2.10. The van der Waals surface area contributed by atoms with Crippen molar-refractivity contribution in [2.75, 3.05) is 6.61 Å². The van der Waals surface area contributed by atoms with Gasteiger partial charge in [0.25, 0.3) is 0 Å². The molecule has 1 atom stereocenters. The van der Waals surface area contributed by atoms with Crippen molar-refractivity contribution in [3.8, 4) is 5.75 Å². The number of rotatable bonds is 6.